The van der Waals surface area contributed by atoms with E-state index in [9.17, 15) is 19.2 Å². The lowest BCUT2D eigenvalue weighted by atomic mass is 10.1. The summed E-state index contributed by atoms with van der Waals surface area (Å²) in [6.07, 6.45) is 1.41. The van der Waals surface area contributed by atoms with Gasteiger partial charge in [-0.1, -0.05) is 26.8 Å². The van der Waals surface area contributed by atoms with Gasteiger partial charge in [0.1, 0.15) is 18.2 Å². The Morgan fingerprint density at radius 3 is 1.82 bits per heavy atom. The zero-order valence-electron chi connectivity index (χ0n) is 20.8. The predicted molar refractivity (Wildman–Crippen MR) is 125 cm³/mol. The van der Waals surface area contributed by atoms with Gasteiger partial charge >= 0.3 is 23.9 Å². The Balaban J connectivity index is 2.87. The second-order valence-corrected chi connectivity index (χ2v) is 8.13. The third-order valence-corrected chi connectivity index (χ3v) is 4.86. The molecule has 0 radical (unpaired) electrons. The number of hydrogen-bond acceptors (Lipinski definition) is 9. The molecule has 0 aliphatic heterocycles. The van der Waals surface area contributed by atoms with E-state index in [-0.39, 0.29) is 36.7 Å². The molecule has 0 spiro atoms. The molecule has 0 saturated carbocycles. The average molecular weight is 480 g/mol. The molecule has 0 heterocycles. The maximum Gasteiger partial charge on any atom is 0.323 e. The molecule has 190 valence electrons. The molecule has 9 heteroatoms. The fraction of sp³-hybridized carbons (Fsp3) is 0.600. The van der Waals surface area contributed by atoms with Crippen LogP contribution in [0.15, 0.2) is 18.2 Å². The van der Waals surface area contributed by atoms with E-state index in [0.717, 1.165) is 0 Å². The van der Waals surface area contributed by atoms with Gasteiger partial charge < -0.3 is 24.7 Å². The topological polar surface area (TPSA) is 131 Å². The average Bonchev–Trinajstić information content (AvgIpc) is 2.75. The summed E-state index contributed by atoms with van der Waals surface area (Å²) in [5, 5.41) is 0. The maximum atomic E-state index is 12.5. The van der Waals surface area contributed by atoms with Crippen molar-refractivity contribution in [1.29, 1.82) is 0 Å². The Bertz CT molecular complexity index is 838. The fourth-order valence-corrected chi connectivity index (χ4v) is 2.87. The normalized spacial score (nSPS) is 13.4. The van der Waals surface area contributed by atoms with Gasteiger partial charge in [0, 0.05) is 19.3 Å². The van der Waals surface area contributed by atoms with E-state index in [0.29, 0.717) is 31.2 Å². The molecular formula is C25H37NO8. The molecule has 34 heavy (non-hydrogen) atoms. The first-order valence-corrected chi connectivity index (χ1v) is 11.8. The van der Waals surface area contributed by atoms with E-state index in [2.05, 4.69) is 0 Å². The van der Waals surface area contributed by atoms with Crippen LogP contribution in [0.4, 0.5) is 0 Å². The molecule has 0 fully saturated rings. The molecule has 0 aliphatic carbocycles. The third kappa shape index (κ3) is 10.3. The third-order valence-electron chi connectivity index (χ3n) is 4.86. The van der Waals surface area contributed by atoms with Gasteiger partial charge in [-0.05, 0) is 57.2 Å². The lowest BCUT2D eigenvalue weighted by Crippen LogP contribution is -2.39. The van der Waals surface area contributed by atoms with Crippen LogP contribution in [0, 0.1) is 0 Å². The van der Waals surface area contributed by atoms with E-state index < -0.39 is 36.2 Å². The number of rotatable bonds is 14. The lowest BCUT2D eigenvalue weighted by molar-refractivity contribution is -0.166. The highest BCUT2D eigenvalue weighted by Crippen LogP contribution is 2.30. The monoisotopic (exact) mass is 479 g/mol. The van der Waals surface area contributed by atoms with Crippen molar-refractivity contribution in [2.45, 2.75) is 97.8 Å². The van der Waals surface area contributed by atoms with E-state index in [1.807, 2.05) is 20.8 Å². The zero-order valence-corrected chi connectivity index (χ0v) is 20.8. The van der Waals surface area contributed by atoms with Gasteiger partial charge in [-0.3, -0.25) is 19.2 Å². The van der Waals surface area contributed by atoms with E-state index in [4.69, 9.17) is 24.7 Å². The summed E-state index contributed by atoms with van der Waals surface area (Å²) in [5.74, 6) is -1.70. The molecular weight excluding hydrogens is 442 g/mol. The Hall–Kier alpha value is -2.94. The van der Waals surface area contributed by atoms with Crippen LogP contribution in [0.5, 0.6) is 11.5 Å². The van der Waals surface area contributed by atoms with Gasteiger partial charge in [-0.15, -0.1) is 0 Å². The minimum atomic E-state index is -1.01. The smallest absolute Gasteiger partial charge is 0.323 e. The molecule has 1 aromatic carbocycles. The molecule has 0 bridgehead atoms. The second kappa shape index (κ2) is 15.1. The van der Waals surface area contributed by atoms with E-state index >= 15 is 0 Å². The SMILES string of the molecule is CCCC(=O)Oc1ccc(C[C@H](N)C(=O)O[C@@H](C)[C@H](C)OC(=O)CCC)cc1OC(=O)CCC. The largest absolute Gasteiger partial charge is 0.459 e. The molecule has 1 rings (SSSR count). The molecule has 2 N–H and O–H groups in total. The van der Waals surface area contributed by atoms with E-state index in [1.165, 1.54) is 12.1 Å². The van der Waals surface area contributed by atoms with Crippen LogP contribution in [0.25, 0.3) is 0 Å². The van der Waals surface area contributed by atoms with Gasteiger partial charge in [-0.2, -0.15) is 0 Å². The minimum absolute atomic E-state index is 0.0887. The summed E-state index contributed by atoms with van der Waals surface area (Å²) in [5.41, 5.74) is 6.62. The number of benzene rings is 1. The minimum Gasteiger partial charge on any atom is -0.459 e. The molecule has 0 aromatic heterocycles. The van der Waals surface area contributed by atoms with Crippen LogP contribution in [0.3, 0.4) is 0 Å². The van der Waals surface area contributed by atoms with Crippen molar-refractivity contribution in [2.75, 3.05) is 0 Å². The van der Waals surface area contributed by atoms with E-state index in [1.54, 1.807) is 19.9 Å². The molecule has 9 nitrogen and oxygen atoms in total. The quantitative estimate of drug-likeness (QED) is 0.314. The van der Waals surface area contributed by atoms with Crippen LogP contribution in [-0.4, -0.2) is 42.1 Å². The molecule has 0 unspecified atom stereocenters. The van der Waals surface area contributed by atoms with Crippen LogP contribution in [0.2, 0.25) is 0 Å². The van der Waals surface area contributed by atoms with Crippen LogP contribution in [-0.2, 0) is 35.1 Å². The van der Waals surface area contributed by atoms with Crippen molar-refractivity contribution in [3.63, 3.8) is 0 Å². The maximum absolute atomic E-state index is 12.5. The highest BCUT2D eigenvalue weighted by atomic mass is 16.6. The number of carbonyl (C=O) groups is 4. The van der Waals surface area contributed by atoms with Gasteiger partial charge in [-0.25, -0.2) is 0 Å². The van der Waals surface area contributed by atoms with Crippen LogP contribution < -0.4 is 15.2 Å². The first kappa shape index (κ1) is 29.1. The first-order valence-electron chi connectivity index (χ1n) is 11.8. The summed E-state index contributed by atoms with van der Waals surface area (Å²) in [6, 6.07) is 3.66. The van der Waals surface area contributed by atoms with Crippen molar-refractivity contribution in [3.8, 4) is 11.5 Å². The highest BCUT2D eigenvalue weighted by molar-refractivity contribution is 5.77. The van der Waals surface area contributed by atoms with Crippen LogP contribution >= 0.6 is 0 Å². The molecule has 0 amide bonds. The lowest BCUT2D eigenvalue weighted by Gasteiger charge is -2.22. The predicted octanol–water partition coefficient (Wildman–Crippen LogP) is 3.63. The van der Waals surface area contributed by atoms with Crippen molar-refractivity contribution < 1.29 is 38.1 Å². The van der Waals surface area contributed by atoms with Crippen molar-refractivity contribution >= 4 is 23.9 Å². The summed E-state index contributed by atoms with van der Waals surface area (Å²) >= 11 is 0. The second-order valence-electron chi connectivity index (χ2n) is 8.13. The molecule has 1 aromatic rings. The highest BCUT2D eigenvalue weighted by Gasteiger charge is 2.24. The number of carbonyl (C=O) groups excluding carboxylic acids is 4. The van der Waals surface area contributed by atoms with Crippen LogP contribution in [0.1, 0.15) is 78.7 Å². The van der Waals surface area contributed by atoms with Gasteiger partial charge in [0.15, 0.2) is 11.5 Å². The molecule has 3 atom stereocenters. The Labute approximate surface area is 201 Å². The summed E-state index contributed by atoms with van der Waals surface area (Å²) in [7, 11) is 0. The summed E-state index contributed by atoms with van der Waals surface area (Å²) < 4.78 is 21.3. The fourth-order valence-electron chi connectivity index (χ4n) is 2.87. The van der Waals surface area contributed by atoms with Crippen molar-refractivity contribution in [3.05, 3.63) is 23.8 Å². The number of hydrogen-bond donors (Lipinski definition) is 1. The number of esters is 4. The summed E-state index contributed by atoms with van der Waals surface area (Å²) in [4.78, 5) is 48.0. The molecule has 0 saturated heterocycles. The van der Waals surface area contributed by atoms with Gasteiger partial charge in [0.05, 0.1) is 0 Å². The summed E-state index contributed by atoms with van der Waals surface area (Å²) in [6.45, 7) is 8.83. The van der Waals surface area contributed by atoms with Gasteiger partial charge in [0.2, 0.25) is 0 Å². The zero-order chi connectivity index (χ0) is 25.7. The number of ether oxygens (including phenoxy) is 4. The Morgan fingerprint density at radius 2 is 1.26 bits per heavy atom. The molecule has 0 aliphatic rings. The van der Waals surface area contributed by atoms with Crippen molar-refractivity contribution in [2.24, 2.45) is 5.73 Å². The van der Waals surface area contributed by atoms with Crippen molar-refractivity contribution in [1.82, 2.24) is 0 Å². The Kier molecular flexibility index (Phi) is 12.9. The first-order chi connectivity index (χ1) is 16.1. The number of nitrogens with two attached hydrogens (primary N) is 1. The van der Waals surface area contributed by atoms with Gasteiger partial charge in [0.25, 0.3) is 0 Å². The Morgan fingerprint density at radius 1 is 0.765 bits per heavy atom. The standard InChI is InChI=1S/C25H37NO8/c1-6-9-22(27)31-16(4)17(5)32-25(30)19(26)14-18-12-13-20(33-23(28)10-7-2)21(15-18)34-24(29)11-8-3/h12-13,15-17,19H,6-11,14,26H2,1-5H3/t16-,17-,19-/m0/s1.